The quantitative estimate of drug-likeness (QED) is 0.141. The second-order valence-corrected chi connectivity index (χ2v) is 18.2. The zero-order chi connectivity index (χ0) is 36.1. The third-order valence-electron chi connectivity index (χ3n) is 7.51. The highest BCUT2D eigenvalue weighted by Crippen LogP contribution is 2.56. The van der Waals surface area contributed by atoms with Gasteiger partial charge in [0.1, 0.15) is 11.5 Å². The minimum Gasteiger partial charge on any atom is -0.417 e. The lowest BCUT2D eigenvalue weighted by atomic mass is 9.78. The van der Waals surface area contributed by atoms with Crippen molar-refractivity contribution in [2.45, 2.75) is 119 Å². The molecule has 0 spiro atoms. The topological polar surface area (TPSA) is 149 Å². The van der Waals surface area contributed by atoms with Crippen LogP contribution in [0.2, 0.25) is 0 Å². The van der Waals surface area contributed by atoms with Gasteiger partial charge >= 0.3 is 17.2 Å². The van der Waals surface area contributed by atoms with Gasteiger partial charge in [-0.15, -0.1) is 0 Å². The van der Waals surface area contributed by atoms with Crippen LogP contribution >= 0.6 is 17.2 Å². The normalized spacial score (nSPS) is 13.2. The summed E-state index contributed by atoms with van der Waals surface area (Å²) in [6.45, 7) is 28.3. The SMILES string of the molecule is Cc1cc(C(C)(C)C)c(OP(Oc2c(C(C)(C)C)cc(C)cc2C(C)(C)C)OP(O)O)c(C(C)(C)C)c1.OCC(CO)(CO)CO. The Morgan fingerprint density at radius 1 is 0.500 bits per heavy atom. The molecule has 0 saturated carbocycles. The van der Waals surface area contributed by atoms with Crippen molar-refractivity contribution in [1.29, 1.82) is 0 Å². The number of aryl methyl sites for hydroxylation is 2. The van der Waals surface area contributed by atoms with Crippen LogP contribution in [-0.4, -0.2) is 56.6 Å². The molecule has 0 saturated heterocycles. The summed E-state index contributed by atoms with van der Waals surface area (Å²) < 4.78 is 18.7. The molecule has 2 rings (SSSR count). The first-order valence-electron chi connectivity index (χ1n) is 15.5. The van der Waals surface area contributed by atoms with E-state index in [2.05, 4.69) is 121 Å². The number of benzene rings is 2. The van der Waals surface area contributed by atoms with Gasteiger partial charge < -0.3 is 39.3 Å². The van der Waals surface area contributed by atoms with Gasteiger partial charge in [-0.25, -0.2) is 4.31 Å². The van der Waals surface area contributed by atoms with E-state index in [0.29, 0.717) is 11.5 Å². The molecule has 0 atom stereocenters. The number of hydrogen-bond donors (Lipinski definition) is 6. The number of aliphatic hydroxyl groups excluding tert-OH is 4. The van der Waals surface area contributed by atoms with Gasteiger partial charge in [-0.1, -0.05) is 118 Å². The average Bonchev–Trinajstić information content (AvgIpc) is 2.89. The number of aliphatic hydroxyl groups is 4. The van der Waals surface area contributed by atoms with E-state index in [-0.39, 0.29) is 21.7 Å². The van der Waals surface area contributed by atoms with E-state index >= 15 is 0 Å². The van der Waals surface area contributed by atoms with Crippen LogP contribution in [0, 0.1) is 19.3 Å². The molecule has 0 aliphatic carbocycles. The van der Waals surface area contributed by atoms with E-state index in [1.165, 1.54) is 0 Å². The van der Waals surface area contributed by atoms with Crippen LogP contribution in [0.1, 0.15) is 116 Å². The van der Waals surface area contributed by atoms with Crippen LogP contribution in [-0.2, 0) is 26.0 Å². The van der Waals surface area contributed by atoms with Crippen LogP contribution < -0.4 is 9.05 Å². The first kappa shape index (κ1) is 42.6. The number of hydrogen-bond acceptors (Lipinski definition) is 9. The molecule has 46 heavy (non-hydrogen) atoms. The fraction of sp³-hybridized carbons (Fsp3) is 0.657. The maximum Gasteiger partial charge on any atom is 0.470 e. The molecule has 0 radical (unpaired) electrons. The summed E-state index contributed by atoms with van der Waals surface area (Å²) in [6.07, 6.45) is 0. The van der Waals surface area contributed by atoms with Crippen LogP contribution in [0.3, 0.4) is 0 Å². The van der Waals surface area contributed by atoms with Crippen molar-refractivity contribution < 1.29 is 43.6 Å². The lowest BCUT2D eigenvalue weighted by Gasteiger charge is -2.33. The van der Waals surface area contributed by atoms with Crippen molar-refractivity contribution in [2.75, 3.05) is 26.4 Å². The highest BCUT2D eigenvalue weighted by atomic mass is 31.2. The number of rotatable bonds is 10. The largest absolute Gasteiger partial charge is 0.470 e. The van der Waals surface area contributed by atoms with Gasteiger partial charge in [-0.2, -0.15) is 0 Å². The van der Waals surface area contributed by atoms with Gasteiger partial charge in [0.25, 0.3) is 0 Å². The third kappa shape index (κ3) is 11.9. The molecule has 6 N–H and O–H groups in total. The molecule has 264 valence electrons. The van der Waals surface area contributed by atoms with Crippen molar-refractivity contribution in [3.63, 3.8) is 0 Å². The fourth-order valence-corrected chi connectivity index (χ4v) is 6.00. The maximum absolute atomic E-state index is 9.94. The van der Waals surface area contributed by atoms with Gasteiger partial charge in [0.15, 0.2) is 0 Å². The minimum absolute atomic E-state index is 0.220. The Bertz CT molecular complexity index is 1090. The first-order valence-corrected chi connectivity index (χ1v) is 17.8. The molecule has 0 amide bonds. The minimum atomic E-state index is -2.72. The lowest BCUT2D eigenvalue weighted by Crippen LogP contribution is -2.37. The zero-order valence-electron chi connectivity index (χ0n) is 30.4. The molecule has 0 aliphatic rings. The Labute approximate surface area is 280 Å². The molecule has 2 aromatic rings. The Morgan fingerprint density at radius 3 is 0.891 bits per heavy atom. The highest BCUT2D eigenvalue weighted by Gasteiger charge is 2.35. The van der Waals surface area contributed by atoms with Crippen LogP contribution in [0.4, 0.5) is 0 Å². The van der Waals surface area contributed by atoms with Crippen molar-refractivity contribution in [2.24, 2.45) is 5.41 Å². The van der Waals surface area contributed by atoms with Crippen molar-refractivity contribution in [3.8, 4) is 11.5 Å². The molecule has 0 heterocycles. The Kier molecular flexibility index (Phi) is 15.2. The molecular weight excluding hydrogens is 626 g/mol. The average molecular weight is 687 g/mol. The van der Waals surface area contributed by atoms with Crippen LogP contribution in [0.5, 0.6) is 11.5 Å². The van der Waals surface area contributed by atoms with Crippen molar-refractivity contribution >= 4 is 17.2 Å². The predicted octanol–water partition coefficient (Wildman–Crippen LogP) is 7.35. The van der Waals surface area contributed by atoms with E-state index in [1.807, 2.05) is 0 Å². The summed E-state index contributed by atoms with van der Waals surface area (Å²) >= 11 is 0. The lowest BCUT2D eigenvalue weighted by molar-refractivity contribution is -0.0328. The predicted molar refractivity (Wildman–Crippen MR) is 189 cm³/mol. The summed E-state index contributed by atoms with van der Waals surface area (Å²) in [5.41, 5.74) is 4.38. The maximum atomic E-state index is 9.94. The van der Waals surface area contributed by atoms with Gasteiger partial charge in [0.2, 0.25) is 0 Å². The molecular formula is C35H60O9P2. The zero-order valence-corrected chi connectivity index (χ0v) is 32.2. The summed E-state index contributed by atoms with van der Waals surface area (Å²) in [5, 5.41) is 34.0. The van der Waals surface area contributed by atoms with Crippen molar-refractivity contribution in [1.82, 2.24) is 0 Å². The van der Waals surface area contributed by atoms with E-state index in [1.54, 1.807) is 0 Å². The third-order valence-corrected chi connectivity index (χ3v) is 9.29. The summed E-state index contributed by atoms with van der Waals surface area (Å²) in [6, 6.07) is 8.52. The summed E-state index contributed by atoms with van der Waals surface area (Å²) in [7, 11) is -4.91. The van der Waals surface area contributed by atoms with Gasteiger partial charge in [-0.05, 0) is 35.5 Å². The molecule has 11 heteroatoms. The van der Waals surface area contributed by atoms with E-state index in [4.69, 9.17) is 33.8 Å². The first-order chi connectivity index (χ1) is 20.8. The molecule has 0 aromatic heterocycles. The van der Waals surface area contributed by atoms with Crippen LogP contribution in [0.25, 0.3) is 0 Å². The van der Waals surface area contributed by atoms with Crippen LogP contribution in [0.15, 0.2) is 24.3 Å². The van der Waals surface area contributed by atoms with Gasteiger partial charge in [0, 0.05) is 22.3 Å². The van der Waals surface area contributed by atoms with E-state index < -0.39 is 49.0 Å². The summed E-state index contributed by atoms with van der Waals surface area (Å²) in [4.78, 5) is 19.9. The standard InChI is InChI=1S/C30H48O5P2.C5H12O4/c1-19-15-21(27(3,4)5)25(22(16-19)28(6,7)8)33-37(35-36(31)32)34-26-23(29(9,10)11)17-20(2)18-24(26)30(12,13)14;6-1-5(2-7,3-8)4-9/h15-18,31-32H,1-14H3;6-9H,1-4H2. The molecule has 0 bridgehead atoms. The van der Waals surface area contributed by atoms with Gasteiger partial charge in [-0.3, -0.25) is 0 Å². The molecule has 9 nitrogen and oxygen atoms in total. The fourth-order valence-electron chi connectivity index (χ4n) is 4.53. The second-order valence-electron chi connectivity index (χ2n) is 16.3. The van der Waals surface area contributed by atoms with Gasteiger partial charge in [0.05, 0.1) is 31.8 Å². The summed E-state index contributed by atoms with van der Waals surface area (Å²) in [5.74, 6) is 1.35. The Morgan fingerprint density at radius 2 is 0.739 bits per heavy atom. The smallest absolute Gasteiger partial charge is 0.417 e. The van der Waals surface area contributed by atoms with E-state index in [0.717, 1.165) is 33.4 Å². The molecule has 0 aliphatic heterocycles. The van der Waals surface area contributed by atoms with E-state index in [9.17, 15) is 9.79 Å². The Balaban J connectivity index is 0.00000102. The highest BCUT2D eigenvalue weighted by molar-refractivity contribution is 7.55. The molecule has 0 fully saturated rings. The second kappa shape index (κ2) is 16.3. The van der Waals surface area contributed by atoms with Crippen molar-refractivity contribution in [3.05, 3.63) is 57.6 Å². The molecule has 2 aromatic carbocycles. The molecule has 0 unspecified atom stereocenters. The Hall–Kier alpha value is -1.38. The monoisotopic (exact) mass is 686 g/mol.